The van der Waals surface area contributed by atoms with Crippen LogP contribution in [0.2, 0.25) is 10.0 Å². The van der Waals surface area contributed by atoms with Crippen molar-refractivity contribution in [1.82, 2.24) is 4.31 Å². The van der Waals surface area contributed by atoms with E-state index in [0.29, 0.717) is 0 Å². The molecule has 1 aliphatic rings. The highest BCUT2D eigenvalue weighted by atomic mass is 35.5. The van der Waals surface area contributed by atoms with E-state index in [4.69, 9.17) is 23.2 Å². The molecule has 1 amide bonds. The predicted octanol–water partition coefficient (Wildman–Crippen LogP) is 4.06. The number of hydrogen-bond acceptors (Lipinski definition) is 4. The highest BCUT2D eigenvalue weighted by molar-refractivity contribution is 7.89. The molecule has 1 aliphatic heterocycles. The summed E-state index contributed by atoms with van der Waals surface area (Å²) in [6.45, 7) is 1.62. The van der Waals surface area contributed by atoms with Crippen LogP contribution in [-0.2, 0) is 10.0 Å². The van der Waals surface area contributed by atoms with E-state index in [-0.39, 0.29) is 47.2 Å². The van der Waals surface area contributed by atoms with Gasteiger partial charge in [-0.15, -0.1) is 0 Å². The third kappa shape index (κ3) is 4.76. The second-order valence-electron chi connectivity index (χ2n) is 7.25. The van der Waals surface area contributed by atoms with E-state index >= 15 is 0 Å². The zero-order valence-electron chi connectivity index (χ0n) is 15.8. The van der Waals surface area contributed by atoms with Crippen molar-refractivity contribution >= 4 is 44.8 Å². The lowest BCUT2D eigenvalue weighted by atomic mass is 9.95. The first-order valence-electron chi connectivity index (χ1n) is 8.89. The van der Waals surface area contributed by atoms with Crippen LogP contribution in [0.1, 0.15) is 30.1 Å². The second kappa shape index (κ2) is 8.39. The predicted molar refractivity (Wildman–Crippen MR) is 109 cm³/mol. The van der Waals surface area contributed by atoms with E-state index in [1.807, 2.05) is 0 Å². The Labute approximate surface area is 182 Å². The van der Waals surface area contributed by atoms with Crippen LogP contribution in [0.25, 0.3) is 0 Å². The SMILES string of the molecule is CC1(O)CCN(S(=O)(=O)c2cc(C(=O)Nc3ccc(F)c(Cl)c3)c(Cl)cc2F)CC1. The lowest BCUT2D eigenvalue weighted by Crippen LogP contribution is -2.45. The minimum absolute atomic E-state index is 0.00695. The van der Waals surface area contributed by atoms with Crippen molar-refractivity contribution in [3.8, 4) is 0 Å². The summed E-state index contributed by atoms with van der Waals surface area (Å²) in [6.07, 6.45) is 0.389. The largest absolute Gasteiger partial charge is 0.390 e. The molecule has 0 unspecified atom stereocenters. The van der Waals surface area contributed by atoms with Crippen molar-refractivity contribution < 1.29 is 27.1 Å². The van der Waals surface area contributed by atoms with Gasteiger partial charge in [0.25, 0.3) is 5.91 Å². The Balaban J connectivity index is 1.91. The van der Waals surface area contributed by atoms with E-state index in [0.717, 1.165) is 22.5 Å². The molecule has 0 saturated carbocycles. The van der Waals surface area contributed by atoms with E-state index in [2.05, 4.69) is 5.32 Å². The molecule has 0 radical (unpaired) electrons. The molecule has 1 fully saturated rings. The number of aliphatic hydroxyl groups is 1. The first-order valence-corrected chi connectivity index (χ1v) is 11.1. The standard InChI is InChI=1S/C19H18Cl2F2N2O4S/c1-19(27)4-6-25(7-5-19)30(28,29)17-9-12(13(20)10-16(17)23)18(26)24-11-2-3-15(22)14(21)8-11/h2-3,8-10,27H,4-7H2,1H3,(H,24,26). The van der Waals surface area contributed by atoms with Crippen molar-refractivity contribution in [2.75, 3.05) is 18.4 Å². The number of nitrogens with zero attached hydrogens (tertiary/aromatic N) is 1. The number of carbonyl (C=O) groups is 1. The molecule has 1 heterocycles. The molecule has 0 atom stereocenters. The van der Waals surface area contributed by atoms with Crippen LogP contribution in [0.15, 0.2) is 35.2 Å². The minimum atomic E-state index is -4.26. The van der Waals surface area contributed by atoms with E-state index in [9.17, 15) is 27.1 Å². The Kier molecular flexibility index (Phi) is 6.41. The number of nitrogens with one attached hydrogen (secondary N) is 1. The van der Waals surface area contributed by atoms with Crippen LogP contribution in [0.5, 0.6) is 0 Å². The van der Waals surface area contributed by atoms with Gasteiger partial charge in [-0.2, -0.15) is 4.31 Å². The van der Waals surface area contributed by atoms with Gasteiger partial charge in [-0.05, 0) is 50.1 Å². The fourth-order valence-electron chi connectivity index (χ4n) is 3.02. The molecule has 0 aliphatic carbocycles. The maximum atomic E-state index is 14.5. The van der Waals surface area contributed by atoms with Crippen molar-refractivity contribution in [2.24, 2.45) is 0 Å². The smallest absolute Gasteiger partial charge is 0.257 e. The van der Waals surface area contributed by atoms with Crippen molar-refractivity contribution in [3.05, 3.63) is 57.6 Å². The molecule has 0 bridgehead atoms. The van der Waals surface area contributed by atoms with Crippen LogP contribution in [0.4, 0.5) is 14.5 Å². The number of anilines is 1. The molecular formula is C19H18Cl2F2N2O4S. The lowest BCUT2D eigenvalue weighted by molar-refractivity contribution is 0.0125. The minimum Gasteiger partial charge on any atom is -0.390 e. The molecule has 2 aromatic carbocycles. The van der Waals surface area contributed by atoms with Crippen molar-refractivity contribution in [2.45, 2.75) is 30.3 Å². The first-order chi connectivity index (χ1) is 13.9. The fourth-order valence-corrected chi connectivity index (χ4v) is 4.95. The molecule has 2 N–H and O–H groups in total. The van der Waals surface area contributed by atoms with Crippen LogP contribution in [-0.4, -0.2) is 42.4 Å². The van der Waals surface area contributed by atoms with Crippen LogP contribution >= 0.6 is 23.2 Å². The number of benzene rings is 2. The van der Waals surface area contributed by atoms with Crippen LogP contribution in [0.3, 0.4) is 0 Å². The first kappa shape index (κ1) is 22.9. The van der Waals surface area contributed by atoms with Crippen molar-refractivity contribution in [3.63, 3.8) is 0 Å². The van der Waals surface area contributed by atoms with Gasteiger partial charge < -0.3 is 10.4 Å². The third-order valence-electron chi connectivity index (χ3n) is 4.86. The number of piperidine rings is 1. The monoisotopic (exact) mass is 478 g/mol. The summed E-state index contributed by atoms with van der Waals surface area (Å²) in [4.78, 5) is 11.9. The maximum absolute atomic E-state index is 14.5. The Morgan fingerprint density at radius 1 is 1.10 bits per heavy atom. The van der Waals surface area contributed by atoms with Crippen molar-refractivity contribution in [1.29, 1.82) is 0 Å². The van der Waals surface area contributed by atoms with E-state index in [1.165, 1.54) is 12.1 Å². The number of sulfonamides is 1. The lowest BCUT2D eigenvalue weighted by Gasteiger charge is -2.35. The van der Waals surface area contributed by atoms with Crippen LogP contribution < -0.4 is 5.32 Å². The molecule has 0 aromatic heterocycles. The molecule has 3 rings (SSSR count). The average Bonchev–Trinajstić information content (AvgIpc) is 2.64. The van der Waals surface area contributed by atoms with Gasteiger partial charge in [0.05, 0.1) is 21.2 Å². The summed E-state index contributed by atoms with van der Waals surface area (Å²) in [7, 11) is -4.26. The third-order valence-corrected chi connectivity index (χ3v) is 7.38. The zero-order chi connectivity index (χ0) is 22.3. The van der Waals surface area contributed by atoms with Gasteiger partial charge in [0.1, 0.15) is 16.5 Å². The molecule has 30 heavy (non-hydrogen) atoms. The molecule has 0 spiro atoms. The van der Waals surface area contributed by atoms with Gasteiger partial charge in [-0.25, -0.2) is 17.2 Å². The molecule has 11 heteroatoms. The molecule has 6 nitrogen and oxygen atoms in total. The van der Waals surface area contributed by atoms with E-state index < -0.39 is 38.1 Å². The van der Waals surface area contributed by atoms with Gasteiger partial charge in [0, 0.05) is 18.8 Å². The zero-order valence-corrected chi connectivity index (χ0v) is 18.1. The Bertz CT molecular complexity index is 1100. The van der Waals surface area contributed by atoms with Crippen LogP contribution in [0, 0.1) is 11.6 Å². The normalized spacial score (nSPS) is 17.0. The molecular weight excluding hydrogens is 461 g/mol. The van der Waals surface area contributed by atoms with Gasteiger partial charge in [-0.1, -0.05) is 23.2 Å². The van der Waals surface area contributed by atoms with Gasteiger partial charge in [0.15, 0.2) is 0 Å². The number of rotatable bonds is 4. The molecule has 1 saturated heterocycles. The number of amides is 1. The summed E-state index contributed by atoms with van der Waals surface area (Å²) in [5.41, 5.74) is -1.12. The summed E-state index contributed by atoms with van der Waals surface area (Å²) < 4.78 is 54.7. The van der Waals surface area contributed by atoms with Gasteiger partial charge in [0.2, 0.25) is 10.0 Å². The average molecular weight is 479 g/mol. The maximum Gasteiger partial charge on any atom is 0.257 e. The Morgan fingerprint density at radius 3 is 2.33 bits per heavy atom. The van der Waals surface area contributed by atoms with Gasteiger partial charge >= 0.3 is 0 Å². The fraction of sp³-hybridized carbons (Fsp3) is 0.316. The summed E-state index contributed by atoms with van der Waals surface area (Å²) >= 11 is 11.6. The summed E-state index contributed by atoms with van der Waals surface area (Å²) in [5.74, 6) is -2.59. The second-order valence-corrected chi connectivity index (χ2v) is 9.97. The highest BCUT2D eigenvalue weighted by Gasteiger charge is 2.36. The number of carbonyl (C=O) groups excluding carboxylic acids is 1. The highest BCUT2D eigenvalue weighted by Crippen LogP contribution is 2.30. The number of hydrogen-bond donors (Lipinski definition) is 2. The Morgan fingerprint density at radius 2 is 1.73 bits per heavy atom. The Hall–Kier alpha value is -1.78. The quantitative estimate of drug-likeness (QED) is 0.693. The molecule has 162 valence electrons. The number of halogens is 4. The van der Waals surface area contributed by atoms with E-state index in [1.54, 1.807) is 6.92 Å². The topological polar surface area (TPSA) is 86.7 Å². The van der Waals surface area contributed by atoms with Gasteiger partial charge in [-0.3, -0.25) is 4.79 Å². The summed E-state index contributed by atoms with van der Waals surface area (Å²) in [5, 5.41) is 11.9. The molecule has 2 aromatic rings. The summed E-state index contributed by atoms with van der Waals surface area (Å²) in [6, 6.07) is 5.09.